The van der Waals surface area contributed by atoms with Crippen molar-refractivity contribution in [1.82, 2.24) is 15.1 Å². The Morgan fingerprint density at radius 3 is 2.86 bits per heavy atom. The maximum atomic E-state index is 6.34. The average Bonchev–Trinajstić information content (AvgIpc) is 2.83. The fourth-order valence-electron chi connectivity index (χ4n) is 2.19. The van der Waals surface area contributed by atoms with Gasteiger partial charge in [0, 0.05) is 15.7 Å². The van der Waals surface area contributed by atoms with E-state index in [1.807, 2.05) is 29.9 Å². The second-order valence-electron chi connectivity index (χ2n) is 4.48. The van der Waals surface area contributed by atoms with Gasteiger partial charge >= 0.3 is 0 Å². The molecule has 7 heteroatoms. The summed E-state index contributed by atoms with van der Waals surface area (Å²) in [7, 11) is 3.56. The molecule has 21 heavy (non-hydrogen) atoms. The Kier molecular flexibility index (Phi) is 6.31. The highest BCUT2D eigenvalue weighted by Crippen LogP contribution is 2.32. The van der Waals surface area contributed by atoms with Crippen LogP contribution in [0.5, 0.6) is 0 Å². The third-order valence-corrected chi connectivity index (χ3v) is 4.68. The number of aromatic nitrogens is 2. The van der Waals surface area contributed by atoms with Gasteiger partial charge in [0.1, 0.15) is 0 Å². The lowest BCUT2D eigenvalue weighted by Crippen LogP contribution is -2.23. The summed E-state index contributed by atoms with van der Waals surface area (Å²) in [4.78, 5) is 0. The van der Waals surface area contributed by atoms with E-state index in [2.05, 4.69) is 33.0 Å². The van der Waals surface area contributed by atoms with Crippen molar-refractivity contribution in [2.75, 3.05) is 20.8 Å². The van der Waals surface area contributed by atoms with Gasteiger partial charge in [0.2, 0.25) is 0 Å². The van der Waals surface area contributed by atoms with E-state index >= 15 is 0 Å². The van der Waals surface area contributed by atoms with Crippen molar-refractivity contribution >= 4 is 45.8 Å². The Hall–Kier alpha value is -0.340. The van der Waals surface area contributed by atoms with Crippen LogP contribution in [0.2, 0.25) is 10.0 Å². The first-order chi connectivity index (χ1) is 10.1. The van der Waals surface area contributed by atoms with E-state index in [0.29, 0.717) is 23.2 Å². The predicted octanol–water partition coefficient (Wildman–Crippen LogP) is 3.75. The quantitative estimate of drug-likeness (QED) is 0.696. The van der Waals surface area contributed by atoms with Gasteiger partial charge in [-0.25, -0.2) is 0 Å². The Morgan fingerprint density at radius 1 is 1.43 bits per heavy atom. The van der Waals surface area contributed by atoms with E-state index in [1.165, 1.54) is 0 Å². The van der Waals surface area contributed by atoms with E-state index in [9.17, 15) is 0 Å². The zero-order chi connectivity index (χ0) is 15.4. The zero-order valence-corrected chi connectivity index (χ0v) is 15.4. The Balaban J connectivity index is 2.46. The molecule has 0 aliphatic carbocycles. The van der Waals surface area contributed by atoms with Crippen molar-refractivity contribution < 1.29 is 4.74 Å². The molecule has 1 atom stereocenters. The summed E-state index contributed by atoms with van der Waals surface area (Å²) >= 11 is 14.8. The Bertz CT molecular complexity index is 618. The zero-order valence-electron chi connectivity index (χ0n) is 11.7. The largest absolute Gasteiger partial charge is 0.383 e. The van der Waals surface area contributed by atoms with Crippen LogP contribution in [0, 0.1) is 3.57 Å². The number of halogens is 3. The topological polar surface area (TPSA) is 39.1 Å². The summed E-state index contributed by atoms with van der Waals surface area (Å²) in [5, 5.41) is 8.95. The first kappa shape index (κ1) is 17.0. The molecule has 0 amide bonds. The first-order valence-corrected chi connectivity index (χ1v) is 8.24. The minimum absolute atomic E-state index is 0.0811. The SMILES string of the molecule is CNC(c1cc(Cl)ccc1I)c1c(Cl)cnn1CCOC. The summed E-state index contributed by atoms with van der Waals surface area (Å²) in [5.74, 6) is 0. The third kappa shape index (κ3) is 3.90. The summed E-state index contributed by atoms with van der Waals surface area (Å²) in [6.07, 6.45) is 1.66. The van der Waals surface area contributed by atoms with Crippen LogP contribution in [-0.4, -0.2) is 30.5 Å². The molecule has 2 rings (SSSR count). The molecule has 0 spiro atoms. The van der Waals surface area contributed by atoms with Gasteiger partial charge in [-0.05, 0) is 53.4 Å². The van der Waals surface area contributed by atoms with Crippen LogP contribution < -0.4 is 5.32 Å². The van der Waals surface area contributed by atoms with E-state index in [1.54, 1.807) is 13.3 Å². The molecule has 2 aromatic rings. The van der Waals surface area contributed by atoms with E-state index < -0.39 is 0 Å². The average molecular weight is 440 g/mol. The molecule has 114 valence electrons. The lowest BCUT2D eigenvalue weighted by atomic mass is 10.0. The summed E-state index contributed by atoms with van der Waals surface area (Å²) < 4.78 is 8.11. The molecular formula is C14H16Cl2IN3O. The second kappa shape index (κ2) is 7.78. The molecule has 1 aromatic heterocycles. The van der Waals surface area contributed by atoms with Crippen molar-refractivity contribution in [3.63, 3.8) is 0 Å². The molecule has 0 saturated heterocycles. The highest BCUT2D eigenvalue weighted by Gasteiger charge is 2.22. The number of hydrogen-bond donors (Lipinski definition) is 1. The van der Waals surface area contributed by atoms with Crippen LogP contribution in [0.3, 0.4) is 0 Å². The van der Waals surface area contributed by atoms with Crippen LogP contribution in [0.1, 0.15) is 17.3 Å². The number of hydrogen-bond acceptors (Lipinski definition) is 3. The summed E-state index contributed by atoms with van der Waals surface area (Å²) in [6.45, 7) is 1.22. The molecule has 0 aliphatic rings. The van der Waals surface area contributed by atoms with Crippen LogP contribution in [-0.2, 0) is 11.3 Å². The lowest BCUT2D eigenvalue weighted by Gasteiger charge is -2.20. The monoisotopic (exact) mass is 439 g/mol. The molecule has 0 aliphatic heterocycles. The van der Waals surface area contributed by atoms with Gasteiger partial charge in [-0.2, -0.15) is 5.10 Å². The number of benzene rings is 1. The highest BCUT2D eigenvalue weighted by atomic mass is 127. The van der Waals surface area contributed by atoms with Crippen molar-refractivity contribution in [3.8, 4) is 0 Å². The van der Waals surface area contributed by atoms with Gasteiger partial charge in [-0.3, -0.25) is 4.68 Å². The molecule has 1 N–H and O–H groups in total. The van der Waals surface area contributed by atoms with E-state index in [4.69, 9.17) is 27.9 Å². The minimum atomic E-state index is -0.0811. The van der Waals surface area contributed by atoms with Crippen LogP contribution in [0.25, 0.3) is 0 Å². The maximum Gasteiger partial charge on any atom is 0.0837 e. The van der Waals surface area contributed by atoms with E-state index in [0.717, 1.165) is 14.8 Å². The normalized spacial score (nSPS) is 12.6. The molecule has 4 nitrogen and oxygen atoms in total. The molecular weight excluding hydrogens is 424 g/mol. The number of nitrogens with one attached hydrogen (secondary N) is 1. The van der Waals surface area contributed by atoms with Crippen molar-refractivity contribution in [3.05, 3.63) is 49.3 Å². The summed E-state index contributed by atoms with van der Waals surface area (Å²) in [6, 6.07) is 5.74. The van der Waals surface area contributed by atoms with Crippen LogP contribution >= 0.6 is 45.8 Å². The van der Waals surface area contributed by atoms with Crippen LogP contribution in [0.15, 0.2) is 24.4 Å². The Morgan fingerprint density at radius 2 is 2.19 bits per heavy atom. The van der Waals surface area contributed by atoms with Crippen molar-refractivity contribution in [1.29, 1.82) is 0 Å². The van der Waals surface area contributed by atoms with Gasteiger partial charge in [-0.15, -0.1) is 0 Å². The number of nitrogens with zero attached hydrogens (tertiary/aromatic N) is 2. The molecule has 0 fully saturated rings. The predicted molar refractivity (Wildman–Crippen MR) is 94.2 cm³/mol. The van der Waals surface area contributed by atoms with Crippen molar-refractivity contribution in [2.45, 2.75) is 12.6 Å². The molecule has 0 bridgehead atoms. The smallest absolute Gasteiger partial charge is 0.0837 e. The Labute approximate surface area is 147 Å². The maximum absolute atomic E-state index is 6.34. The van der Waals surface area contributed by atoms with Gasteiger partial charge in [0.15, 0.2) is 0 Å². The molecule has 0 radical (unpaired) electrons. The highest BCUT2D eigenvalue weighted by molar-refractivity contribution is 14.1. The van der Waals surface area contributed by atoms with Gasteiger partial charge in [0.25, 0.3) is 0 Å². The van der Waals surface area contributed by atoms with E-state index in [-0.39, 0.29) is 6.04 Å². The molecule has 1 unspecified atom stereocenters. The minimum Gasteiger partial charge on any atom is -0.383 e. The number of ether oxygens (including phenoxy) is 1. The van der Waals surface area contributed by atoms with Gasteiger partial charge < -0.3 is 10.1 Å². The van der Waals surface area contributed by atoms with Crippen molar-refractivity contribution in [2.24, 2.45) is 0 Å². The lowest BCUT2D eigenvalue weighted by molar-refractivity contribution is 0.182. The van der Waals surface area contributed by atoms with Crippen LogP contribution in [0.4, 0.5) is 0 Å². The molecule has 1 heterocycles. The molecule has 0 saturated carbocycles. The fourth-order valence-corrected chi connectivity index (χ4v) is 3.27. The fraction of sp³-hybridized carbons (Fsp3) is 0.357. The second-order valence-corrected chi connectivity index (χ2v) is 6.49. The van der Waals surface area contributed by atoms with Gasteiger partial charge in [-0.1, -0.05) is 23.2 Å². The summed E-state index contributed by atoms with van der Waals surface area (Å²) in [5.41, 5.74) is 1.99. The standard InChI is InChI=1S/C14H16Cl2IN3O/c1-18-13(10-7-9(15)3-4-12(10)17)14-11(16)8-19-20(14)5-6-21-2/h3-4,7-8,13,18H,5-6H2,1-2H3. The third-order valence-electron chi connectivity index (χ3n) is 3.17. The number of rotatable bonds is 6. The van der Waals surface area contributed by atoms with Gasteiger partial charge in [0.05, 0.1) is 36.1 Å². The number of methoxy groups -OCH3 is 1. The first-order valence-electron chi connectivity index (χ1n) is 6.40. The molecule has 1 aromatic carbocycles.